The van der Waals surface area contributed by atoms with Gasteiger partial charge in [-0.05, 0) is 18.6 Å². The third-order valence-electron chi connectivity index (χ3n) is 3.33. The van der Waals surface area contributed by atoms with Gasteiger partial charge in [-0.2, -0.15) is 0 Å². The maximum atomic E-state index is 12.1. The number of rotatable bonds is 7. The Morgan fingerprint density at radius 3 is 2.86 bits per heavy atom. The number of fused-ring (bicyclic) bond motifs is 1. The quantitative estimate of drug-likeness (QED) is 0.824. The number of urea groups is 1. The molecule has 0 saturated heterocycles. The number of hydrogen-bond donors (Lipinski definition) is 2. The van der Waals surface area contributed by atoms with Crippen LogP contribution in [-0.2, 0) is 6.54 Å². The molecule has 2 aromatic rings. The largest absolute Gasteiger partial charge is 0.459 e. The minimum Gasteiger partial charge on any atom is -0.459 e. The number of amides is 2. The van der Waals surface area contributed by atoms with Crippen molar-refractivity contribution in [1.82, 2.24) is 10.2 Å². The highest BCUT2D eigenvalue weighted by atomic mass is 16.3. The lowest BCUT2D eigenvalue weighted by Gasteiger charge is -2.21. The van der Waals surface area contributed by atoms with Gasteiger partial charge in [0.2, 0.25) is 0 Å². The predicted molar refractivity (Wildman–Crippen MR) is 82.0 cm³/mol. The fraction of sp³-hybridized carbons (Fsp3) is 0.438. The molecule has 0 fully saturated rings. The summed E-state index contributed by atoms with van der Waals surface area (Å²) in [5.74, 6) is 0.726. The predicted octanol–water partition coefficient (Wildman–Crippen LogP) is 2.74. The molecule has 0 spiro atoms. The molecule has 2 amide bonds. The van der Waals surface area contributed by atoms with Crippen molar-refractivity contribution in [1.29, 1.82) is 0 Å². The van der Waals surface area contributed by atoms with Gasteiger partial charge >= 0.3 is 6.03 Å². The van der Waals surface area contributed by atoms with Gasteiger partial charge < -0.3 is 19.7 Å². The van der Waals surface area contributed by atoms with Crippen molar-refractivity contribution in [2.75, 3.05) is 19.7 Å². The summed E-state index contributed by atoms with van der Waals surface area (Å²) in [6, 6.07) is 9.51. The number of carbonyl (C=O) groups is 1. The van der Waals surface area contributed by atoms with Crippen molar-refractivity contribution in [2.45, 2.75) is 26.3 Å². The molecule has 0 aliphatic heterocycles. The lowest BCUT2D eigenvalue weighted by Crippen LogP contribution is -2.41. The standard InChI is InChI=1S/C16H22N2O3/c1-2-3-8-18(9-10-19)16(20)17-12-14-11-13-6-4-5-7-15(13)21-14/h4-7,11,19H,2-3,8-10,12H2,1H3,(H,17,20). The van der Waals surface area contributed by atoms with Crippen LogP contribution >= 0.6 is 0 Å². The Morgan fingerprint density at radius 1 is 1.33 bits per heavy atom. The third kappa shape index (κ3) is 4.23. The fourth-order valence-electron chi connectivity index (χ4n) is 2.18. The molecule has 0 radical (unpaired) electrons. The molecule has 114 valence electrons. The third-order valence-corrected chi connectivity index (χ3v) is 3.33. The number of nitrogens with one attached hydrogen (secondary N) is 1. The first kappa shape index (κ1) is 15.4. The zero-order valence-corrected chi connectivity index (χ0v) is 12.3. The Hall–Kier alpha value is -2.01. The Balaban J connectivity index is 1.92. The van der Waals surface area contributed by atoms with Crippen molar-refractivity contribution >= 4 is 17.0 Å². The number of para-hydroxylation sites is 1. The summed E-state index contributed by atoms with van der Waals surface area (Å²) in [5, 5.41) is 12.9. The van der Waals surface area contributed by atoms with Crippen LogP contribution in [0.3, 0.4) is 0 Å². The number of aliphatic hydroxyl groups excluding tert-OH is 1. The van der Waals surface area contributed by atoms with Crippen LogP contribution < -0.4 is 5.32 Å². The minimum atomic E-state index is -0.169. The summed E-state index contributed by atoms with van der Waals surface area (Å²) >= 11 is 0. The van der Waals surface area contributed by atoms with E-state index in [-0.39, 0.29) is 12.6 Å². The van der Waals surface area contributed by atoms with Gasteiger partial charge in [0.05, 0.1) is 13.2 Å². The molecule has 21 heavy (non-hydrogen) atoms. The monoisotopic (exact) mass is 290 g/mol. The number of benzene rings is 1. The van der Waals surface area contributed by atoms with Gasteiger partial charge in [-0.1, -0.05) is 31.5 Å². The van der Waals surface area contributed by atoms with E-state index in [1.165, 1.54) is 0 Å². The van der Waals surface area contributed by atoms with Gasteiger partial charge in [-0.25, -0.2) is 4.79 Å². The number of furan rings is 1. The highest BCUT2D eigenvalue weighted by Crippen LogP contribution is 2.18. The molecule has 0 saturated carbocycles. The second-order valence-electron chi connectivity index (χ2n) is 4.97. The first-order chi connectivity index (χ1) is 10.2. The summed E-state index contributed by atoms with van der Waals surface area (Å²) < 4.78 is 5.66. The number of hydrogen-bond acceptors (Lipinski definition) is 3. The van der Waals surface area contributed by atoms with Crippen LogP contribution in [-0.4, -0.2) is 35.7 Å². The Bertz CT molecular complexity index is 547. The van der Waals surface area contributed by atoms with Crippen LogP contribution in [0.2, 0.25) is 0 Å². The van der Waals surface area contributed by atoms with E-state index < -0.39 is 0 Å². The topological polar surface area (TPSA) is 65.7 Å². The van der Waals surface area contributed by atoms with Crippen molar-refractivity contribution in [2.24, 2.45) is 0 Å². The molecule has 0 aliphatic carbocycles. The smallest absolute Gasteiger partial charge is 0.317 e. The maximum absolute atomic E-state index is 12.1. The van der Waals surface area contributed by atoms with E-state index in [0.717, 1.165) is 29.6 Å². The molecule has 0 bridgehead atoms. The van der Waals surface area contributed by atoms with Crippen LogP contribution in [0.5, 0.6) is 0 Å². The van der Waals surface area contributed by atoms with E-state index in [1.54, 1.807) is 4.90 Å². The summed E-state index contributed by atoms with van der Waals surface area (Å²) in [6.45, 7) is 3.40. The van der Waals surface area contributed by atoms with Gasteiger partial charge in [-0.15, -0.1) is 0 Å². The van der Waals surface area contributed by atoms with E-state index in [4.69, 9.17) is 9.52 Å². The lowest BCUT2D eigenvalue weighted by molar-refractivity contribution is 0.175. The molecular weight excluding hydrogens is 268 g/mol. The molecule has 0 atom stereocenters. The summed E-state index contributed by atoms with van der Waals surface area (Å²) in [7, 11) is 0. The Kier molecular flexibility index (Phi) is 5.63. The maximum Gasteiger partial charge on any atom is 0.317 e. The first-order valence-electron chi connectivity index (χ1n) is 7.35. The molecule has 1 aromatic heterocycles. The summed E-state index contributed by atoms with van der Waals surface area (Å²) in [4.78, 5) is 13.7. The molecule has 1 aromatic carbocycles. The number of carbonyl (C=O) groups excluding carboxylic acids is 1. The van der Waals surface area contributed by atoms with E-state index >= 15 is 0 Å². The molecule has 5 nitrogen and oxygen atoms in total. The van der Waals surface area contributed by atoms with Crippen LogP contribution in [0.15, 0.2) is 34.7 Å². The van der Waals surface area contributed by atoms with Gasteiger partial charge in [0, 0.05) is 18.5 Å². The zero-order valence-electron chi connectivity index (χ0n) is 12.3. The number of unbranched alkanes of at least 4 members (excludes halogenated alkanes) is 1. The zero-order chi connectivity index (χ0) is 15.1. The molecule has 1 heterocycles. The highest BCUT2D eigenvalue weighted by molar-refractivity contribution is 5.78. The highest BCUT2D eigenvalue weighted by Gasteiger charge is 2.12. The molecule has 2 N–H and O–H groups in total. The van der Waals surface area contributed by atoms with Gasteiger partial charge in [0.15, 0.2) is 0 Å². The van der Waals surface area contributed by atoms with Crippen LogP contribution in [0.1, 0.15) is 25.5 Å². The molecule has 5 heteroatoms. The van der Waals surface area contributed by atoms with Crippen LogP contribution in [0, 0.1) is 0 Å². The van der Waals surface area contributed by atoms with Gasteiger partial charge in [0.25, 0.3) is 0 Å². The van der Waals surface area contributed by atoms with Crippen molar-refractivity contribution < 1.29 is 14.3 Å². The van der Waals surface area contributed by atoms with Crippen molar-refractivity contribution in [3.63, 3.8) is 0 Å². The number of nitrogens with zero attached hydrogens (tertiary/aromatic N) is 1. The fourth-order valence-corrected chi connectivity index (χ4v) is 2.18. The van der Waals surface area contributed by atoms with Gasteiger partial charge in [-0.3, -0.25) is 0 Å². The van der Waals surface area contributed by atoms with Crippen LogP contribution in [0.25, 0.3) is 11.0 Å². The van der Waals surface area contributed by atoms with Crippen molar-refractivity contribution in [3.05, 3.63) is 36.1 Å². The summed E-state index contributed by atoms with van der Waals surface area (Å²) in [6.07, 6.45) is 1.94. The lowest BCUT2D eigenvalue weighted by atomic mass is 10.2. The second kappa shape index (κ2) is 7.69. The van der Waals surface area contributed by atoms with E-state index in [2.05, 4.69) is 12.2 Å². The van der Waals surface area contributed by atoms with Gasteiger partial charge in [0.1, 0.15) is 11.3 Å². The van der Waals surface area contributed by atoms with E-state index in [0.29, 0.717) is 19.6 Å². The number of aliphatic hydroxyl groups is 1. The second-order valence-corrected chi connectivity index (χ2v) is 4.97. The van der Waals surface area contributed by atoms with E-state index in [1.807, 2.05) is 30.3 Å². The minimum absolute atomic E-state index is 0.0260. The molecule has 0 unspecified atom stereocenters. The average Bonchev–Trinajstić information content (AvgIpc) is 2.92. The molecule has 2 rings (SSSR count). The normalized spacial score (nSPS) is 10.8. The van der Waals surface area contributed by atoms with E-state index in [9.17, 15) is 4.79 Å². The molecular formula is C16H22N2O3. The average molecular weight is 290 g/mol. The van der Waals surface area contributed by atoms with Crippen molar-refractivity contribution in [3.8, 4) is 0 Å². The first-order valence-corrected chi connectivity index (χ1v) is 7.35. The Labute approximate surface area is 124 Å². The summed E-state index contributed by atoms with van der Waals surface area (Å²) in [5.41, 5.74) is 0.819. The SMILES string of the molecule is CCCCN(CCO)C(=O)NCc1cc2ccccc2o1. The Morgan fingerprint density at radius 2 is 2.14 bits per heavy atom. The van der Waals surface area contributed by atoms with Crippen LogP contribution in [0.4, 0.5) is 4.79 Å². The molecule has 0 aliphatic rings.